The molecule has 182 valence electrons. The summed E-state index contributed by atoms with van der Waals surface area (Å²) in [4.78, 5) is 32.9. The number of aromatic nitrogens is 2. The van der Waals surface area contributed by atoms with Gasteiger partial charge < -0.3 is 25.1 Å². The minimum atomic E-state index is -0.482. The molecular weight excluding hydrogens is 464 g/mol. The quantitative estimate of drug-likeness (QED) is 0.388. The Kier molecular flexibility index (Phi) is 8.06. The number of carbonyl (C=O) groups excluding carboxylic acids is 2. The first-order chi connectivity index (χ1) is 17.1. The molecule has 1 aliphatic rings. The van der Waals surface area contributed by atoms with Crippen LogP contribution >= 0.6 is 11.3 Å². The molecule has 1 aromatic carbocycles. The molecule has 0 spiro atoms. The van der Waals surface area contributed by atoms with Gasteiger partial charge in [0.15, 0.2) is 0 Å². The van der Waals surface area contributed by atoms with Gasteiger partial charge in [-0.05, 0) is 43.4 Å². The lowest BCUT2D eigenvalue weighted by atomic mass is 9.93. The van der Waals surface area contributed by atoms with E-state index in [-0.39, 0.29) is 18.6 Å². The number of ether oxygens (including phenoxy) is 2. The van der Waals surface area contributed by atoms with Crippen molar-refractivity contribution in [2.45, 2.75) is 51.7 Å². The first kappa shape index (κ1) is 24.4. The number of hydrogen-bond donors (Lipinski definition) is 3. The Morgan fingerprint density at radius 2 is 2.20 bits per heavy atom. The lowest BCUT2D eigenvalue weighted by molar-refractivity contribution is -0.116. The summed E-state index contributed by atoms with van der Waals surface area (Å²) >= 11 is 1.46. The van der Waals surface area contributed by atoms with Crippen molar-refractivity contribution < 1.29 is 19.1 Å². The smallest absolute Gasteiger partial charge is 0.407 e. The molecule has 0 radical (unpaired) electrons. The SMILES string of the molecule is C#Cc1c(NC(=O)CCc2ccccc2OCC)sc2c1CCC(OC(=O)NCc1ncc[nH]1)C2. The number of imidazole rings is 1. The van der Waals surface area contributed by atoms with E-state index in [1.165, 1.54) is 11.3 Å². The van der Waals surface area contributed by atoms with Gasteiger partial charge in [-0.15, -0.1) is 17.8 Å². The van der Waals surface area contributed by atoms with Crippen molar-refractivity contribution in [1.29, 1.82) is 0 Å². The van der Waals surface area contributed by atoms with Crippen LogP contribution in [0.25, 0.3) is 0 Å². The van der Waals surface area contributed by atoms with Crippen LogP contribution in [0.1, 0.15) is 47.2 Å². The predicted octanol–water partition coefficient (Wildman–Crippen LogP) is 4.21. The lowest BCUT2D eigenvalue weighted by Crippen LogP contribution is -2.31. The Hall–Kier alpha value is -3.77. The summed E-state index contributed by atoms with van der Waals surface area (Å²) in [6.45, 7) is 2.79. The van der Waals surface area contributed by atoms with Gasteiger partial charge in [0.05, 0.1) is 18.7 Å². The largest absolute Gasteiger partial charge is 0.494 e. The van der Waals surface area contributed by atoms with E-state index in [1.807, 2.05) is 31.2 Å². The van der Waals surface area contributed by atoms with Gasteiger partial charge in [0.25, 0.3) is 0 Å². The number of nitrogens with one attached hydrogen (secondary N) is 3. The van der Waals surface area contributed by atoms with Crippen LogP contribution in [-0.2, 0) is 35.3 Å². The van der Waals surface area contributed by atoms with Crippen LogP contribution in [0, 0.1) is 12.3 Å². The number of hydrogen-bond acceptors (Lipinski definition) is 6. The highest BCUT2D eigenvalue weighted by molar-refractivity contribution is 7.16. The van der Waals surface area contributed by atoms with Crippen molar-refractivity contribution in [1.82, 2.24) is 15.3 Å². The normalized spacial score (nSPS) is 14.5. The number of alkyl carbamates (subject to hydrolysis) is 1. The standard InChI is InChI=1S/C26H28N4O4S/c1-3-19-20-11-10-18(34-26(32)29-16-23-27-13-14-28-23)15-22(20)35-25(19)30-24(31)12-9-17-7-5-6-8-21(17)33-4-2/h1,5-8,13-14,18H,4,9-12,15-16H2,2H3,(H,27,28)(H,29,32)(H,30,31). The third kappa shape index (κ3) is 6.22. The second-order valence-corrected chi connectivity index (χ2v) is 9.21. The van der Waals surface area contributed by atoms with Crippen LogP contribution in [0.5, 0.6) is 5.75 Å². The highest BCUT2D eigenvalue weighted by atomic mass is 32.1. The number of amides is 2. The number of para-hydroxylation sites is 1. The monoisotopic (exact) mass is 492 g/mol. The zero-order valence-electron chi connectivity index (χ0n) is 19.6. The number of aromatic amines is 1. The van der Waals surface area contributed by atoms with Gasteiger partial charge in [0, 0.05) is 30.1 Å². The van der Waals surface area contributed by atoms with Crippen molar-refractivity contribution in [2.24, 2.45) is 0 Å². The first-order valence-electron chi connectivity index (χ1n) is 11.6. The summed E-state index contributed by atoms with van der Waals surface area (Å²) in [5, 5.41) is 6.38. The van der Waals surface area contributed by atoms with Crippen molar-refractivity contribution in [3.05, 3.63) is 64.1 Å². The first-order valence-corrected chi connectivity index (χ1v) is 12.4. The molecule has 4 rings (SSSR count). The zero-order chi connectivity index (χ0) is 24.6. The third-order valence-electron chi connectivity index (χ3n) is 5.74. The van der Waals surface area contributed by atoms with Crippen LogP contribution in [0.2, 0.25) is 0 Å². The van der Waals surface area contributed by atoms with E-state index in [0.29, 0.717) is 49.5 Å². The number of carbonyl (C=O) groups is 2. The average Bonchev–Trinajstić information content (AvgIpc) is 3.49. The number of benzene rings is 1. The zero-order valence-corrected chi connectivity index (χ0v) is 20.4. The summed E-state index contributed by atoms with van der Waals surface area (Å²) in [5.74, 6) is 4.11. The van der Waals surface area contributed by atoms with E-state index < -0.39 is 6.09 Å². The summed E-state index contributed by atoms with van der Waals surface area (Å²) in [6.07, 6.45) is 11.2. The maximum atomic E-state index is 12.7. The second kappa shape index (κ2) is 11.6. The number of terminal acetylenes is 1. The number of aryl methyl sites for hydroxylation is 1. The molecule has 2 amide bonds. The number of H-pyrrole nitrogens is 1. The van der Waals surface area contributed by atoms with Gasteiger partial charge in [-0.25, -0.2) is 9.78 Å². The molecule has 0 aliphatic heterocycles. The Balaban J connectivity index is 1.33. The van der Waals surface area contributed by atoms with Crippen LogP contribution in [-0.4, -0.2) is 34.7 Å². The van der Waals surface area contributed by atoms with E-state index in [2.05, 4.69) is 26.5 Å². The Bertz CT molecular complexity index is 1210. The molecule has 3 N–H and O–H groups in total. The van der Waals surface area contributed by atoms with Crippen molar-refractivity contribution in [3.8, 4) is 18.1 Å². The Morgan fingerprint density at radius 3 is 2.97 bits per heavy atom. The third-order valence-corrected chi connectivity index (χ3v) is 6.91. The fourth-order valence-corrected chi connectivity index (χ4v) is 5.38. The van der Waals surface area contributed by atoms with Gasteiger partial charge in [0.2, 0.25) is 5.91 Å². The van der Waals surface area contributed by atoms with Crippen molar-refractivity contribution >= 4 is 28.3 Å². The lowest BCUT2D eigenvalue weighted by Gasteiger charge is -2.22. The molecule has 2 heterocycles. The maximum absolute atomic E-state index is 12.7. The number of thiophene rings is 1. The molecule has 0 saturated heterocycles. The predicted molar refractivity (Wildman–Crippen MR) is 135 cm³/mol. The fraction of sp³-hybridized carbons (Fsp3) is 0.346. The molecule has 9 heteroatoms. The molecule has 1 atom stereocenters. The second-order valence-electron chi connectivity index (χ2n) is 8.10. The summed E-state index contributed by atoms with van der Waals surface area (Å²) in [6, 6.07) is 7.75. The molecule has 0 saturated carbocycles. The van der Waals surface area contributed by atoms with Gasteiger partial charge in [-0.3, -0.25) is 4.79 Å². The van der Waals surface area contributed by atoms with Gasteiger partial charge in [-0.2, -0.15) is 0 Å². The molecule has 0 bridgehead atoms. The topological polar surface area (TPSA) is 105 Å². The Labute approximate surface area is 208 Å². The van der Waals surface area contributed by atoms with E-state index >= 15 is 0 Å². The minimum absolute atomic E-state index is 0.100. The molecule has 35 heavy (non-hydrogen) atoms. The minimum Gasteiger partial charge on any atom is -0.494 e. The summed E-state index contributed by atoms with van der Waals surface area (Å²) in [5.41, 5.74) is 2.79. The van der Waals surface area contributed by atoms with E-state index in [9.17, 15) is 9.59 Å². The van der Waals surface area contributed by atoms with Gasteiger partial charge in [-0.1, -0.05) is 24.1 Å². The average molecular weight is 493 g/mol. The number of anilines is 1. The van der Waals surface area contributed by atoms with Crippen LogP contribution in [0.3, 0.4) is 0 Å². The fourth-order valence-electron chi connectivity index (χ4n) is 4.08. The van der Waals surface area contributed by atoms with Crippen LogP contribution < -0.4 is 15.4 Å². The van der Waals surface area contributed by atoms with Gasteiger partial charge >= 0.3 is 6.09 Å². The van der Waals surface area contributed by atoms with E-state index in [0.717, 1.165) is 27.3 Å². The molecule has 1 aliphatic carbocycles. The molecule has 2 aromatic heterocycles. The van der Waals surface area contributed by atoms with Crippen molar-refractivity contribution in [3.63, 3.8) is 0 Å². The maximum Gasteiger partial charge on any atom is 0.407 e. The summed E-state index contributed by atoms with van der Waals surface area (Å²) in [7, 11) is 0. The van der Waals surface area contributed by atoms with Crippen molar-refractivity contribution in [2.75, 3.05) is 11.9 Å². The molecule has 0 fully saturated rings. The number of nitrogens with zero attached hydrogens (tertiary/aromatic N) is 1. The highest BCUT2D eigenvalue weighted by Crippen LogP contribution is 2.38. The summed E-state index contributed by atoms with van der Waals surface area (Å²) < 4.78 is 11.2. The highest BCUT2D eigenvalue weighted by Gasteiger charge is 2.28. The van der Waals surface area contributed by atoms with Crippen LogP contribution in [0.15, 0.2) is 36.7 Å². The molecule has 1 unspecified atom stereocenters. The molecule has 3 aromatic rings. The molecular formula is C26H28N4O4S. The van der Waals surface area contributed by atoms with Gasteiger partial charge in [0.1, 0.15) is 22.7 Å². The Morgan fingerprint density at radius 1 is 1.34 bits per heavy atom. The number of fused-ring (bicyclic) bond motifs is 1. The van der Waals surface area contributed by atoms with E-state index in [1.54, 1.807) is 12.4 Å². The number of rotatable bonds is 9. The van der Waals surface area contributed by atoms with Crippen LogP contribution in [0.4, 0.5) is 9.80 Å². The molecule has 8 nitrogen and oxygen atoms in total. The van der Waals surface area contributed by atoms with E-state index in [4.69, 9.17) is 15.9 Å².